The van der Waals surface area contributed by atoms with E-state index in [4.69, 9.17) is 11.6 Å². The molecule has 2 N–H and O–H groups in total. The molecule has 0 fully saturated rings. The van der Waals surface area contributed by atoms with Gasteiger partial charge >= 0.3 is 6.03 Å². The number of hydrogen-bond acceptors (Lipinski definition) is 3. The molecule has 0 aliphatic carbocycles. The summed E-state index contributed by atoms with van der Waals surface area (Å²) in [6.45, 7) is 4.64. The Kier molecular flexibility index (Phi) is 4.98. The Morgan fingerprint density at radius 1 is 1.35 bits per heavy atom. The number of urea groups is 1. The molecule has 0 aliphatic heterocycles. The van der Waals surface area contributed by atoms with E-state index in [2.05, 4.69) is 29.5 Å². The minimum atomic E-state index is -0.260. The molecule has 0 saturated heterocycles. The number of hydrogen-bond donors (Lipinski definition) is 2. The molecule has 0 spiro atoms. The zero-order chi connectivity index (χ0) is 14.5. The normalized spacial score (nSPS) is 10.6. The molecule has 6 heteroatoms. The third kappa shape index (κ3) is 4.21. The van der Waals surface area contributed by atoms with Crippen molar-refractivity contribution in [3.63, 3.8) is 0 Å². The molecule has 106 valence electrons. The number of carbonyl (C=O) groups is 1. The van der Waals surface area contributed by atoms with E-state index in [1.807, 2.05) is 12.1 Å². The van der Waals surface area contributed by atoms with Crippen LogP contribution in [0.5, 0.6) is 0 Å². The first kappa shape index (κ1) is 14.8. The molecule has 2 aromatic rings. The van der Waals surface area contributed by atoms with Crippen molar-refractivity contribution >= 4 is 34.1 Å². The Bertz CT molecular complexity index is 580. The lowest BCUT2D eigenvalue weighted by Crippen LogP contribution is -2.28. The number of benzene rings is 1. The van der Waals surface area contributed by atoms with Crippen molar-refractivity contribution in [3.8, 4) is 0 Å². The standard InChI is InChI=1S/C14H16ClN3OS/c1-9(2)12-8-17-14(20-12)18-13(19)16-7-10-3-5-11(15)6-4-10/h3-6,8-9H,7H2,1-2H3,(H2,16,17,18,19). The molecule has 1 aromatic carbocycles. The second kappa shape index (κ2) is 6.72. The highest BCUT2D eigenvalue weighted by molar-refractivity contribution is 7.15. The number of rotatable bonds is 4. The van der Waals surface area contributed by atoms with Gasteiger partial charge in [0, 0.05) is 22.6 Å². The molecule has 2 rings (SSSR count). The van der Waals surface area contributed by atoms with Gasteiger partial charge in [-0.2, -0.15) is 0 Å². The third-order valence-corrected chi connectivity index (χ3v) is 4.14. The predicted octanol–water partition coefficient (Wildman–Crippen LogP) is 4.24. The SMILES string of the molecule is CC(C)c1cnc(NC(=O)NCc2ccc(Cl)cc2)s1. The van der Waals surface area contributed by atoms with E-state index in [0.29, 0.717) is 22.6 Å². The van der Waals surface area contributed by atoms with Gasteiger partial charge in [-0.05, 0) is 23.6 Å². The van der Waals surface area contributed by atoms with Crippen LogP contribution in [-0.2, 0) is 6.54 Å². The van der Waals surface area contributed by atoms with E-state index in [1.54, 1.807) is 18.3 Å². The molecular formula is C14H16ClN3OS. The summed E-state index contributed by atoms with van der Waals surface area (Å²) in [5.74, 6) is 0.417. The minimum Gasteiger partial charge on any atom is -0.334 e. The first-order valence-corrected chi connectivity index (χ1v) is 7.49. The van der Waals surface area contributed by atoms with Gasteiger partial charge in [0.25, 0.3) is 0 Å². The molecule has 0 unspecified atom stereocenters. The number of anilines is 1. The average molecular weight is 310 g/mol. The van der Waals surface area contributed by atoms with Crippen LogP contribution in [0, 0.1) is 0 Å². The van der Waals surface area contributed by atoms with Gasteiger partial charge in [0.1, 0.15) is 0 Å². The second-order valence-corrected chi connectivity index (χ2v) is 6.16. The van der Waals surface area contributed by atoms with E-state index in [0.717, 1.165) is 10.4 Å². The summed E-state index contributed by atoms with van der Waals surface area (Å²) in [6, 6.07) is 7.09. The first-order valence-electron chi connectivity index (χ1n) is 6.29. The monoisotopic (exact) mass is 309 g/mol. The van der Waals surface area contributed by atoms with Crippen LogP contribution in [0.2, 0.25) is 5.02 Å². The van der Waals surface area contributed by atoms with E-state index in [-0.39, 0.29) is 6.03 Å². The number of nitrogens with one attached hydrogen (secondary N) is 2. The van der Waals surface area contributed by atoms with E-state index < -0.39 is 0 Å². The zero-order valence-electron chi connectivity index (χ0n) is 11.3. The highest BCUT2D eigenvalue weighted by Crippen LogP contribution is 2.24. The van der Waals surface area contributed by atoms with Crippen LogP contribution >= 0.6 is 22.9 Å². The summed E-state index contributed by atoms with van der Waals surface area (Å²) < 4.78 is 0. The molecule has 20 heavy (non-hydrogen) atoms. The summed E-state index contributed by atoms with van der Waals surface area (Å²) >= 11 is 7.30. The lowest BCUT2D eigenvalue weighted by atomic mass is 10.2. The van der Waals surface area contributed by atoms with Crippen molar-refractivity contribution in [2.75, 3.05) is 5.32 Å². The molecule has 1 aromatic heterocycles. The lowest BCUT2D eigenvalue weighted by Gasteiger charge is -2.05. The molecule has 1 heterocycles. The summed E-state index contributed by atoms with van der Waals surface area (Å²) in [7, 11) is 0. The van der Waals surface area contributed by atoms with Crippen molar-refractivity contribution in [2.24, 2.45) is 0 Å². The maximum atomic E-state index is 11.8. The second-order valence-electron chi connectivity index (χ2n) is 4.66. The largest absolute Gasteiger partial charge is 0.334 e. The van der Waals surface area contributed by atoms with Crippen molar-refractivity contribution < 1.29 is 4.79 Å². The number of nitrogens with zero attached hydrogens (tertiary/aromatic N) is 1. The summed E-state index contributed by atoms with van der Waals surface area (Å²) in [5.41, 5.74) is 0.992. The van der Waals surface area contributed by atoms with Gasteiger partial charge in [0.2, 0.25) is 0 Å². The molecule has 0 atom stereocenters. The Labute approximate surface area is 127 Å². The zero-order valence-corrected chi connectivity index (χ0v) is 12.9. The van der Waals surface area contributed by atoms with Crippen LogP contribution in [0.4, 0.5) is 9.93 Å². The van der Waals surface area contributed by atoms with Gasteiger partial charge in [-0.1, -0.05) is 37.6 Å². The maximum Gasteiger partial charge on any atom is 0.321 e. The van der Waals surface area contributed by atoms with Crippen LogP contribution < -0.4 is 10.6 Å². The minimum absolute atomic E-state index is 0.260. The fourth-order valence-electron chi connectivity index (χ4n) is 1.54. The van der Waals surface area contributed by atoms with Gasteiger partial charge in [0.15, 0.2) is 5.13 Å². The lowest BCUT2D eigenvalue weighted by molar-refractivity contribution is 0.251. The summed E-state index contributed by atoms with van der Waals surface area (Å²) in [4.78, 5) is 17.1. The van der Waals surface area contributed by atoms with Gasteiger partial charge in [-0.25, -0.2) is 9.78 Å². The van der Waals surface area contributed by atoms with Crippen molar-refractivity contribution in [1.29, 1.82) is 0 Å². The smallest absolute Gasteiger partial charge is 0.321 e. The Morgan fingerprint density at radius 2 is 2.05 bits per heavy atom. The topological polar surface area (TPSA) is 54.0 Å². The number of thiazole rings is 1. The maximum absolute atomic E-state index is 11.8. The van der Waals surface area contributed by atoms with Gasteiger partial charge in [-0.3, -0.25) is 5.32 Å². The molecule has 2 amide bonds. The van der Waals surface area contributed by atoms with Crippen LogP contribution in [0.15, 0.2) is 30.5 Å². The van der Waals surface area contributed by atoms with Crippen molar-refractivity contribution in [1.82, 2.24) is 10.3 Å². The third-order valence-electron chi connectivity index (χ3n) is 2.68. The Balaban J connectivity index is 1.84. The van der Waals surface area contributed by atoms with E-state index in [9.17, 15) is 4.79 Å². The molecule has 0 bridgehead atoms. The number of carbonyl (C=O) groups excluding carboxylic acids is 1. The molecular weight excluding hydrogens is 294 g/mol. The quantitative estimate of drug-likeness (QED) is 0.887. The van der Waals surface area contributed by atoms with Gasteiger partial charge in [-0.15, -0.1) is 11.3 Å². The van der Waals surface area contributed by atoms with Crippen molar-refractivity contribution in [3.05, 3.63) is 45.9 Å². The number of aromatic nitrogens is 1. The van der Waals surface area contributed by atoms with Crippen molar-refractivity contribution in [2.45, 2.75) is 26.3 Å². The van der Waals surface area contributed by atoms with Crippen LogP contribution in [-0.4, -0.2) is 11.0 Å². The molecule has 0 saturated carbocycles. The summed E-state index contributed by atoms with van der Waals surface area (Å²) in [5, 5.41) is 6.80. The number of halogens is 1. The fourth-order valence-corrected chi connectivity index (χ4v) is 2.48. The Hall–Kier alpha value is -1.59. The van der Waals surface area contributed by atoms with Crippen LogP contribution in [0.3, 0.4) is 0 Å². The molecule has 0 aliphatic rings. The van der Waals surface area contributed by atoms with Gasteiger partial charge in [0.05, 0.1) is 0 Å². The highest BCUT2D eigenvalue weighted by atomic mass is 35.5. The highest BCUT2D eigenvalue weighted by Gasteiger charge is 2.08. The summed E-state index contributed by atoms with van der Waals surface area (Å²) in [6.07, 6.45) is 1.80. The Morgan fingerprint density at radius 3 is 2.65 bits per heavy atom. The van der Waals surface area contributed by atoms with Crippen LogP contribution in [0.1, 0.15) is 30.2 Å². The number of amides is 2. The molecule has 0 radical (unpaired) electrons. The predicted molar refractivity (Wildman–Crippen MR) is 83.5 cm³/mol. The average Bonchev–Trinajstić information content (AvgIpc) is 2.87. The van der Waals surface area contributed by atoms with E-state index in [1.165, 1.54) is 11.3 Å². The van der Waals surface area contributed by atoms with Crippen LogP contribution in [0.25, 0.3) is 0 Å². The fraction of sp³-hybridized carbons (Fsp3) is 0.286. The first-order chi connectivity index (χ1) is 9.54. The molecule has 4 nitrogen and oxygen atoms in total. The van der Waals surface area contributed by atoms with Gasteiger partial charge < -0.3 is 5.32 Å². The van der Waals surface area contributed by atoms with E-state index >= 15 is 0 Å².